The van der Waals surface area contributed by atoms with Gasteiger partial charge < -0.3 is 88.0 Å². The van der Waals surface area contributed by atoms with E-state index in [9.17, 15) is 18.8 Å². The van der Waals surface area contributed by atoms with E-state index in [0.29, 0.717) is 25.4 Å². The number of hydrogen-bond acceptors (Lipinski definition) is 18. The first kappa shape index (κ1) is 98.0. The molecule has 3 aromatic heterocycles. The molecule has 25 heteroatoms. The average Bonchev–Trinajstić information content (AvgIpc) is 1.63. The van der Waals surface area contributed by atoms with Gasteiger partial charge in [0.05, 0.1) is 7.11 Å². The van der Waals surface area contributed by atoms with Crippen molar-refractivity contribution in [2.24, 2.45) is 0 Å². The van der Waals surface area contributed by atoms with Crippen LogP contribution in [0.1, 0.15) is 101 Å². The summed E-state index contributed by atoms with van der Waals surface area (Å²) in [5, 5.41) is 14.6. The highest BCUT2D eigenvalue weighted by molar-refractivity contribution is 5.98. The first-order valence-corrected chi connectivity index (χ1v) is 50.6. The second-order valence-corrected chi connectivity index (χ2v) is 39.2. The van der Waals surface area contributed by atoms with Crippen molar-refractivity contribution in [3.8, 4) is 17.2 Å². The maximum atomic E-state index is 13.5. The van der Waals surface area contributed by atoms with Crippen LogP contribution in [0.15, 0.2) is 194 Å². The van der Waals surface area contributed by atoms with Crippen molar-refractivity contribution >= 4 is 84.6 Å². The van der Waals surface area contributed by atoms with E-state index in [1.165, 1.54) is 155 Å². The third kappa shape index (κ3) is 25.0. The Hall–Kier alpha value is -11.6. The molecule has 10 heterocycles. The molecule has 3 N–H and O–H groups in total. The summed E-state index contributed by atoms with van der Waals surface area (Å²) in [6.07, 6.45) is 6.30. The van der Waals surface area contributed by atoms with E-state index in [0.717, 1.165) is 244 Å². The average molecular weight is 1870 g/mol. The third-order valence-corrected chi connectivity index (χ3v) is 30.1. The predicted molar refractivity (Wildman–Crippen MR) is 559 cm³/mol. The highest BCUT2D eigenvalue weighted by atomic mass is 19.1. The number of anilines is 6. The molecule has 19 rings (SSSR count). The van der Waals surface area contributed by atoms with Crippen molar-refractivity contribution < 1.29 is 33.0 Å². The predicted octanol–water partition coefficient (Wildman–Crippen LogP) is 16.8. The fourth-order valence-corrected chi connectivity index (χ4v) is 20.8. The fourth-order valence-electron chi connectivity index (χ4n) is 20.8. The van der Waals surface area contributed by atoms with Gasteiger partial charge >= 0.3 is 0 Å². The third-order valence-electron chi connectivity index (χ3n) is 30.1. The number of rotatable bonds is 31. The topological polar surface area (TPSA) is 169 Å². The molecule has 730 valence electrons. The van der Waals surface area contributed by atoms with Crippen LogP contribution in [0.5, 0.6) is 17.2 Å². The number of nitrogens with one attached hydrogen (secondary N) is 3. The molecular weight excluding hydrogens is 1720 g/mol. The Labute approximate surface area is 816 Å². The molecule has 6 fully saturated rings. The second kappa shape index (κ2) is 46.4. The number of ether oxygens (including phenoxy) is 3. The van der Waals surface area contributed by atoms with Gasteiger partial charge in [-0.1, -0.05) is 48.5 Å². The molecule has 24 nitrogen and oxygen atoms in total. The molecule has 12 aromatic rings. The van der Waals surface area contributed by atoms with Gasteiger partial charge in [0.25, 0.3) is 17.7 Å². The number of carbonyl (C=O) groups is 3. The maximum absolute atomic E-state index is 13.5. The van der Waals surface area contributed by atoms with Crippen molar-refractivity contribution in [3.05, 3.63) is 267 Å². The summed E-state index contributed by atoms with van der Waals surface area (Å²) in [4.78, 5) is 68.6. The molecule has 0 radical (unpaired) electrons. The number of amides is 3. The van der Waals surface area contributed by atoms with Gasteiger partial charge in [0, 0.05) is 297 Å². The Morgan fingerprint density at radius 2 is 0.609 bits per heavy atom. The molecule has 0 bridgehead atoms. The fraction of sp³-hybridized carbons (Fsp3) is 0.442. The highest BCUT2D eigenvalue weighted by Crippen LogP contribution is 2.37. The number of nitrogens with zero attached hydrogens (tertiary/aromatic N) is 15. The van der Waals surface area contributed by atoms with Crippen LogP contribution >= 0.6 is 0 Å². The van der Waals surface area contributed by atoms with Gasteiger partial charge in [-0.15, -0.1) is 0 Å². The van der Waals surface area contributed by atoms with E-state index >= 15 is 0 Å². The lowest BCUT2D eigenvalue weighted by molar-refractivity contribution is 0.0632. The van der Waals surface area contributed by atoms with Gasteiger partial charge in [-0.3, -0.25) is 29.1 Å². The summed E-state index contributed by atoms with van der Waals surface area (Å²) in [6, 6.07) is 64.9. The van der Waals surface area contributed by atoms with Crippen LogP contribution in [-0.2, 0) is 38.9 Å². The van der Waals surface area contributed by atoms with Crippen LogP contribution in [-0.4, -0.2) is 322 Å². The summed E-state index contributed by atoms with van der Waals surface area (Å²) in [6.45, 7) is 46.8. The lowest BCUT2D eigenvalue weighted by Gasteiger charge is -2.34. The first-order valence-electron chi connectivity index (χ1n) is 50.6. The van der Waals surface area contributed by atoms with Gasteiger partial charge in [0.1, 0.15) is 11.6 Å². The summed E-state index contributed by atoms with van der Waals surface area (Å²) in [7, 11) is 8.33. The zero-order chi connectivity index (χ0) is 95.7. The Balaban J connectivity index is 0.000000143. The standard InChI is InChI=1S/C38H48N6O3.C38H50N6O2.C37H47FN6O/c1-28-29(2)44(14-5-13-41-18-16-40(3)17-19-41)35-10-9-33(26-34(28)35)39-32-7-4-6-31(25-32)38(45)43-22-20-42(21-23-43)15-12-30-8-11-36-37(24-30)47-27-46-36;1-29-30(2)44(17-6-16-41-21-19-40(3)20-22-41)37-14-11-34(28-36(29)37)39-33-8-5-7-32(27-33)38(45)43-25-23-42(24-26-43)18-15-31-9-12-35(46-4)13-10-31;1-28-29(2)44(16-5-15-41-20-18-40(3)19-21-41)36-13-12-34(27-35(28)36)39-33-7-4-6-31(26-33)37(45)43-24-22-42(23-25-43)17-14-30-8-10-32(38)11-9-30/h4,6-11,24-26,39H,5,12-23,27H2,1-3H3;5,7-14,27-28,39H,6,15-26H2,1-4H3;4,6-13,26-27,39H,5,14-25H2,1-3H3. The van der Waals surface area contributed by atoms with Gasteiger partial charge in [0.15, 0.2) is 11.5 Å². The minimum absolute atomic E-state index is 0.0763. The number of hydrogen-bond donors (Lipinski definition) is 3. The molecule has 0 spiro atoms. The van der Waals surface area contributed by atoms with E-state index in [4.69, 9.17) is 14.2 Å². The van der Waals surface area contributed by atoms with Gasteiger partial charge in [-0.2, -0.15) is 0 Å². The van der Waals surface area contributed by atoms with Gasteiger partial charge in [-0.25, -0.2) is 4.39 Å². The van der Waals surface area contributed by atoms with E-state index in [-0.39, 0.29) is 23.5 Å². The van der Waals surface area contributed by atoms with E-state index in [1.807, 2.05) is 118 Å². The van der Waals surface area contributed by atoms with Gasteiger partial charge in [0.2, 0.25) is 6.79 Å². The Kier molecular flexibility index (Phi) is 33.0. The van der Waals surface area contributed by atoms with Crippen molar-refractivity contribution in [2.45, 2.75) is 99.7 Å². The molecule has 0 unspecified atom stereocenters. The van der Waals surface area contributed by atoms with E-state index < -0.39 is 0 Å². The number of aromatic nitrogens is 3. The largest absolute Gasteiger partial charge is 0.497 e. The zero-order valence-corrected chi connectivity index (χ0v) is 83.3. The van der Waals surface area contributed by atoms with Crippen molar-refractivity contribution in [1.29, 1.82) is 0 Å². The van der Waals surface area contributed by atoms with Crippen LogP contribution in [0.2, 0.25) is 0 Å². The first-order chi connectivity index (χ1) is 67.1. The summed E-state index contributed by atoms with van der Waals surface area (Å²) < 4.78 is 36.9. The summed E-state index contributed by atoms with van der Waals surface area (Å²) in [5.41, 5.74) is 23.6. The number of carbonyl (C=O) groups excluding carboxylic acids is 3. The van der Waals surface area contributed by atoms with Crippen molar-refractivity contribution in [3.63, 3.8) is 0 Å². The lowest BCUT2D eigenvalue weighted by atomic mass is 10.1. The Morgan fingerprint density at radius 3 is 0.949 bits per heavy atom. The van der Waals surface area contributed by atoms with Crippen LogP contribution in [0.25, 0.3) is 32.7 Å². The van der Waals surface area contributed by atoms with Crippen molar-refractivity contribution in [1.82, 2.24) is 72.5 Å². The van der Waals surface area contributed by atoms with Crippen LogP contribution in [0.3, 0.4) is 0 Å². The summed E-state index contributed by atoms with van der Waals surface area (Å²) in [5.74, 6) is 2.63. The second-order valence-electron chi connectivity index (χ2n) is 39.2. The van der Waals surface area contributed by atoms with Crippen LogP contribution < -0.4 is 30.2 Å². The molecule has 0 atom stereocenters. The number of piperazine rings is 6. The van der Waals surface area contributed by atoms with Crippen LogP contribution in [0, 0.1) is 47.4 Å². The minimum atomic E-state index is -0.200. The Bertz CT molecular complexity index is 6100. The molecular formula is C113H145FN18O6. The molecule has 3 amide bonds. The SMILES string of the molecule is COc1ccc(CCN2CCN(C(=O)c3cccc(Nc4ccc5c(c4)c(C)c(C)n5CCCN4CCN(C)CC4)c3)CC2)cc1.Cc1c(C)n(CCCN2CCN(C)CC2)c2ccc(Nc3cccc(C(=O)N4CCN(CCc5ccc(F)cc5)CC4)c3)cc12.Cc1c(C)n(CCCN2CCN(C)CC2)c2ccc(Nc3cccc(C(=O)N4CCN(CCc5ccc6c(c5)OCO6)CC4)c3)cc12. The minimum Gasteiger partial charge on any atom is -0.497 e. The van der Waals surface area contributed by atoms with Crippen molar-refractivity contribution in [2.75, 3.05) is 247 Å². The highest BCUT2D eigenvalue weighted by Gasteiger charge is 2.29. The molecule has 138 heavy (non-hydrogen) atoms. The number of benzene rings is 9. The normalized spacial score (nSPS) is 17.0. The zero-order valence-electron chi connectivity index (χ0n) is 83.3. The van der Waals surface area contributed by atoms with E-state index in [2.05, 4.69) is 215 Å². The molecule has 0 aliphatic carbocycles. The number of methoxy groups -OCH3 is 1. The molecule has 0 saturated carbocycles. The monoisotopic (exact) mass is 1870 g/mol. The Morgan fingerprint density at radius 1 is 0.312 bits per heavy atom. The van der Waals surface area contributed by atoms with Crippen LogP contribution in [0.4, 0.5) is 38.5 Å². The number of aryl methyl sites for hydroxylation is 6. The number of likely N-dealkylation sites (N-methyl/N-ethyl adjacent to an activating group) is 3. The quantitative estimate of drug-likeness (QED) is 0.0375. The molecule has 7 aliphatic rings. The lowest BCUT2D eigenvalue weighted by Crippen LogP contribution is -2.49. The molecule has 6 saturated heterocycles. The molecule has 9 aromatic carbocycles. The maximum Gasteiger partial charge on any atom is 0.254 e. The summed E-state index contributed by atoms with van der Waals surface area (Å²) >= 11 is 0. The number of halogens is 1. The molecule has 7 aliphatic heterocycles. The number of fused-ring (bicyclic) bond motifs is 4. The van der Waals surface area contributed by atoms with Gasteiger partial charge in [-0.05, 0) is 300 Å². The smallest absolute Gasteiger partial charge is 0.254 e. The van der Waals surface area contributed by atoms with E-state index in [1.54, 1.807) is 7.11 Å².